The molecule has 0 saturated heterocycles. The molecular weight excluding hydrogens is 361 g/mol. The van der Waals surface area contributed by atoms with Crippen LogP contribution in [0, 0.1) is 0 Å². The van der Waals surface area contributed by atoms with Gasteiger partial charge in [-0.3, -0.25) is 0 Å². The first-order valence-corrected chi connectivity index (χ1v) is 9.56. The predicted octanol–water partition coefficient (Wildman–Crippen LogP) is 2.15. The molecule has 0 amide bonds. The molecule has 0 aliphatic carbocycles. The van der Waals surface area contributed by atoms with Crippen LogP contribution in [0.4, 0.5) is 0 Å². The van der Waals surface area contributed by atoms with Gasteiger partial charge in [-0.05, 0) is 0 Å². The van der Waals surface area contributed by atoms with Gasteiger partial charge in [0.15, 0.2) is 0 Å². The molecule has 1 aromatic rings. The van der Waals surface area contributed by atoms with Crippen LogP contribution in [-0.4, -0.2) is 27.3 Å². The summed E-state index contributed by atoms with van der Waals surface area (Å²) < 4.78 is 8.20. The minimum atomic E-state index is -1.80. The average molecular weight is 380 g/mol. The van der Waals surface area contributed by atoms with Crippen molar-refractivity contribution in [1.82, 2.24) is 0 Å². The van der Waals surface area contributed by atoms with Crippen molar-refractivity contribution in [3.05, 3.63) is 29.8 Å². The molecule has 2 N–H and O–H groups in total. The van der Waals surface area contributed by atoms with E-state index in [-0.39, 0.29) is 23.0 Å². The van der Waals surface area contributed by atoms with Crippen molar-refractivity contribution in [2.24, 2.45) is 5.73 Å². The predicted molar refractivity (Wildman–Crippen MR) is 72.2 cm³/mol. The van der Waals surface area contributed by atoms with Crippen LogP contribution >= 0.6 is 17.0 Å². The van der Waals surface area contributed by atoms with Crippen molar-refractivity contribution in [2.45, 2.75) is 24.3 Å². The van der Waals surface area contributed by atoms with Crippen LogP contribution in [0.1, 0.15) is 25.5 Å². The SMILES string of the molecule is Br.C[CH2][Sn]([O]C)[c]1ccccc1C(C)N. The molecule has 1 atom stereocenters. The Labute approximate surface area is 110 Å². The second kappa shape index (κ2) is 7.65. The Morgan fingerprint density at radius 3 is 2.47 bits per heavy atom. The van der Waals surface area contributed by atoms with E-state index in [1.54, 1.807) is 0 Å². The minimum absolute atomic E-state index is 0. The van der Waals surface area contributed by atoms with Gasteiger partial charge < -0.3 is 0 Å². The summed E-state index contributed by atoms with van der Waals surface area (Å²) in [4.78, 5) is 0. The molecule has 1 aromatic carbocycles. The summed E-state index contributed by atoms with van der Waals surface area (Å²) in [6.45, 7) is 4.24. The Bertz CT molecular complexity index is 290. The number of halogens is 1. The molecule has 15 heavy (non-hydrogen) atoms. The summed E-state index contributed by atoms with van der Waals surface area (Å²) in [5, 5.41) is 0. The Kier molecular flexibility index (Phi) is 7.87. The second-order valence-electron chi connectivity index (χ2n) is 3.36. The van der Waals surface area contributed by atoms with E-state index in [0.717, 1.165) is 0 Å². The number of hydrogen-bond acceptors (Lipinski definition) is 2. The van der Waals surface area contributed by atoms with E-state index in [2.05, 4.69) is 25.1 Å². The molecule has 0 heterocycles. The zero-order valence-corrected chi connectivity index (χ0v) is 14.1. The quantitative estimate of drug-likeness (QED) is 0.813. The zero-order chi connectivity index (χ0) is 10.6. The maximum absolute atomic E-state index is 5.94. The molecule has 0 aliphatic heterocycles. The molecule has 4 heteroatoms. The summed E-state index contributed by atoms with van der Waals surface area (Å²) in [6, 6.07) is 8.55. The van der Waals surface area contributed by atoms with E-state index in [1.807, 2.05) is 20.1 Å². The van der Waals surface area contributed by atoms with Crippen molar-refractivity contribution < 1.29 is 3.07 Å². The fourth-order valence-electron chi connectivity index (χ4n) is 1.59. The van der Waals surface area contributed by atoms with Crippen LogP contribution in [0.25, 0.3) is 0 Å². The fraction of sp³-hybridized carbons (Fsp3) is 0.455. The Hall–Kier alpha value is 0.419. The molecule has 0 saturated carbocycles. The van der Waals surface area contributed by atoms with Crippen LogP contribution in [0.15, 0.2) is 24.3 Å². The Morgan fingerprint density at radius 1 is 1.40 bits per heavy atom. The molecule has 0 bridgehead atoms. The van der Waals surface area contributed by atoms with Crippen LogP contribution in [0.5, 0.6) is 0 Å². The van der Waals surface area contributed by atoms with E-state index in [4.69, 9.17) is 8.81 Å². The van der Waals surface area contributed by atoms with Gasteiger partial charge in [0.1, 0.15) is 0 Å². The third-order valence-electron chi connectivity index (χ3n) is 2.32. The molecule has 2 nitrogen and oxygen atoms in total. The molecule has 0 aromatic heterocycles. The standard InChI is InChI=1S/C8H10N.C2H5.CH3O.BrH.Sn/c1-7(9)8-5-3-2-4-6-8;2*1-2;;/h2-5,7H,9H2,1H3;1H2,2H3;1H3;1H;/q;;-1;;+1. The molecule has 1 unspecified atom stereocenters. The van der Waals surface area contributed by atoms with Crippen molar-refractivity contribution >= 4 is 40.7 Å². The van der Waals surface area contributed by atoms with Gasteiger partial charge in [0, 0.05) is 0 Å². The van der Waals surface area contributed by atoms with Gasteiger partial charge >= 0.3 is 93.8 Å². The molecule has 0 fully saturated rings. The van der Waals surface area contributed by atoms with E-state index in [0.29, 0.717) is 0 Å². The van der Waals surface area contributed by atoms with Crippen molar-refractivity contribution in [3.63, 3.8) is 0 Å². The van der Waals surface area contributed by atoms with Crippen LogP contribution < -0.4 is 9.31 Å². The summed E-state index contributed by atoms with van der Waals surface area (Å²) in [5.41, 5.74) is 7.21. The number of benzene rings is 1. The van der Waals surface area contributed by atoms with Gasteiger partial charge in [0.25, 0.3) is 0 Å². The average Bonchev–Trinajstić information content (AvgIpc) is 2.20. The summed E-state index contributed by atoms with van der Waals surface area (Å²) >= 11 is -1.80. The fourth-order valence-corrected chi connectivity index (χ4v) is 6.74. The first-order valence-electron chi connectivity index (χ1n) is 4.95. The summed E-state index contributed by atoms with van der Waals surface area (Å²) in [6.07, 6.45) is 0. The van der Waals surface area contributed by atoms with Gasteiger partial charge in [-0.15, -0.1) is 17.0 Å². The van der Waals surface area contributed by atoms with Gasteiger partial charge in [-0.25, -0.2) is 0 Å². The van der Waals surface area contributed by atoms with Crippen LogP contribution in [0.3, 0.4) is 0 Å². The van der Waals surface area contributed by atoms with E-state index >= 15 is 0 Å². The van der Waals surface area contributed by atoms with Crippen molar-refractivity contribution in [3.8, 4) is 0 Å². The number of nitrogens with two attached hydrogens (primary N) is 1. The van der Waals surface area contributed by atoms with Crippen LogP contribution in [-0.2, 0) is 3.07 Å². The second-order valence-corrected chi connectivity index (χ2v) is 10.5. The molecule has 0 spiro atoms. The normalized spacial score (nSPS) is 12.3. The number of rotatable bonds is 4. The van der Waals surface area contributed by atoms with E-state index in [1.165, 1.54) is 13.6 Å². The number of hydrogen-bond donors (Lipinski definition) is 1. The van der Waals surface area contributed by atoms with E-state index in [9.17, 15) is 0 Å². The summed E-state index contributed by atoms with van der Waals surface area (Å²) in [7, 11) is 1.83. The summed E-state index contributed by atoms with van der Waals surface area (Å²) in [5.74, 6) is 0. The van der Waals surface area contributed by atoms with Gasteiger partial charge in [-0.1, -0.05) is 0 Å². The van der Waals surface area contributed by atoms with Crippen LogP contribution in [0.2, 0.25) is 4.44 Å². The molecule has 0 aliphatic rings. The van der Waals surface area contributed by atoms with Gasteiger partial charge in [-0.2, -0.15) is 0 Å². The molecule has 85 valence electrons. The van der Waals surface area contributed by atoms with Crippen molar-refractivity contribution in [2.75, 3.05) is 7.11 Å². The third-order valence-corrected chi connectivity index (χ3v) is 8.57. The molecule has 1 radical (unpaired) electrons. The third kappa shape index (κ3) is 4.05. The first-order chi connectivity index (χ1) is 6.70. The first kappa shape index (κ1) is 15.4. The Morgan fingerprint density at radius 2 is 2.00 bits per heavy atom. The zero-order valence-electron chi connectivity index (χ0n) is 9.49. The monoisotopic (exact) mass is 380 g/mol. The molecule has 1 rings (SSSR count). The molecular formula is C11H19BrNOSn. The van der Waals surface area contributed by atoms with Gasteiger partial charge in [0.2, 0.25) is 0 Å². The van der Waals surface area contributed by atoms with Gasteiger partial charge in [0.05, 0.1) is 0 Å². The maximum atomic E-state index is 5.94. The van der Waals surface area contributed by atoms with E-state index < -0.39 is 20.2 Å². The Balaban J connectivity index is 0.00000196. The van der Waals surface area contributed by atoms with Crippen molar-refractivity contribution in [1.29, 1.82) is 0 Å². The topological polar surface area (TPSA) is 35.2 Å².